The van der Waals surface area contributed by atoms with E-state index >= 15 is 0 Å². The van der Waals surface area contributed by atoms with Crippen LogP contribution in [0.2, 0.25) is 10.0 Å². The molecule has 1 atom stereocenters. The van der Waals surface area contributed by atoms with E-state index in [4.69, 9.17) is 33.4 Å². The lowest BCUT2D eigenvalue weighted by Crippen LogP contribution is -2.51. The highest BCUT2D eigenvalue weighted by atomic mass is 35.5. The third-order valence-corrected chi connectivity index (χ3v) is 9.25. The van der Waals surface area contributed by atoms with E-state index in [1.165, 1.54) is 30.3 Å². The number of hydrogen-bond acceptors (Lipinski definition) is 8. The van der Waals surface area contributed by atoms with Gasteiger partial charge in [-0.15, -0.1) is 0 Å². The number of halogens is 2. The van der Waals surface area contributed by atoms with Crippen molar-refractivity contribution in [3.8, 4) is 28.2 Å². The first-order valence-corrected chi connectivity index (χ1v) is 17.4. The molecule has 5 N–H and O–H groups in total. The summed E-state index contributed by atoms with van der Waals surface area (Å²) in [4.78, 5) is 12.0. The fraction of sp³-hybridized carbons (Fsp3) is 0.229. The summed E-state index contributed by atoms with van der Waals surface area (Å²) in [6.45, 7) is 5.04. The van der Waals surface area contributed by atoms with Crippen LogP contribution in [0.5, 0.6) is 5.75 Å². The topological polar surface area (TPSA) is 146 Å². The van der Waals surface area contributed by atoms with Crippen molar-refractivity contribution in [3.05, 3.63) is 98.1 Å². The summed E-state index contributed by atoms with van der Waals surface area (Å²) < 4.78 is 41.9. The Labute approximate surface area is 283 Å². The van der Waals surface area contributed by atoms with E-state index in [1.54, 1.807) is 18.2 Å². The van der Waals surface area contributed by atoms with Gasteiger partial charge in [0.1, 0.15) is 22.0 Å². The molecule has 1 unspecified atom stereocenters. The molecule has 47 heavy (non-hydrogen) atoms. The second-order valence-corrected chi connectivity index (χ2v) is 13.4. The van der Waals surface area contributed by atoms with Gasteiger partial charge in [-0.05, 0) is 54.3 Å². The van der Waals surface area contributed by atoms with Crippen molar-refractivity contribution < 1.29 is 22.5 Å². The minimum Gasteiger partial charge on any atom is -0.506 e. The minimum absolute atomic E-state index is 0.00831. The molecule has 0 saturated heterocycles. The zero-order valence-electron chi connectivity index (χ0n) is 25.8. The van der Waals surface area contributed by atoms with Crippen LogP contribution in [0.1, 0.15) is 50.7 Å². The predicted octanol–water partition coefficient (Wildman–Crippen LogP) is 8.19. The largest absolute Gasteiger partial charge is 0.506 e. The average molecular weight is 697 g/mol. The molecule has 0 fully saturated rings. The Morgan fingerprint density at radius 2 is 1.64 bits per heavy atom. The number of phenols is 1. The molecular formula is C35H35Cl2N3O6S. The van der Waals surface area contributed by atoms with Gasteiger partial charge in [-0.1, -0.05) is 86.3 Å². The fourth-order valence-electron chi connectivity index (χ4n) is 5.39. The van der Waals surface area contributed by atoms with Crippen LogP contribution in [0.3, 0.4) is 0 Å². The van der Waals surface area contributed by atoms with Crippen LogP contribution in [-0.4, -0.2) is 30.8 Å². The Hall–Kier alpha value is -3.90. The summed E-state index contributed by atoms with van der Waals surface area (Å²) in [6, 6.07) is 17.7. The number of hydrogen-bond donors (Lipinski definition) is 4. The zero-order chi connectivity index (χ0) is 33.9. The Bertz CT molecular complexity index is 2080. The number of unbranched alkanes of at least 4 members (excludes halogenated alkanes) is 1. The van der Waals surface area contributed by atoms with Crippen molar-refractivity contribution >= 4 is 62.1 Å². The number of rotatable bonds is 12. The summed E-state index contributed by atoms with van der Waals surface area (Å²) in [5.41, 5.74) is 12.5. The van der Waals surface area contributed by atoms with Crippen LogP contribution in [0, 0.1) is 0 Å². The van der Waals surface area contributed by atoms with Crippen molar-refractivity contribution in [2.75, 3.05) is 11.6 Å². The van der Waals surface area contributed by atoms with E-state index in [2.05, 4.69) is 19.3 Å². The van der Waals surface area contributed by atoms with Gasteiger partial charge in [0.25, 0.3) is 10.1 Å². The van der Waals surface area contributed by atoms with Gasteiger partial charge >= 0.3 is 0 Å². The summed E-state index contributed by atoms with van der Waals surface area (Å²) in [5, 5.41) is 12.4. The molecule has 3 aromatic rings. The third-order valence-electron chi connectivity index (χ3n) is 7.76. The Morgan fingerprint density at radius 3 is 2.32 bits per heavy atom. The molecule has 5 rings (SSSR count). The molecule has 3 aromatic carbocycles. The number of hydrazine groups is 1. The number of nitrogens with zero attached hydrogens (tertiary/aromatic N) is 1. The van der Waals surface area contributed by atoms with Crippen LogP contribution >= 0.6 is 23.2 Å². The van der Waals surface area contributed by atoms with Crippen molar-refractivity contribution in [1.29, 1.82) is 0 Å². The molecule has 1 aliphatic carbocycles. The number of benzene rings is 4. The quantitative estimate of drug-likeness (QED) is 0.0253. The maximum Gasteiger partial charge on any atom is 0.295 e. The maximum absolute atomic E-state index is 12.8. The molecule has 0 radical (unpaired) electrons. The van der Waals surface area contributed by atoms with Crippen molar-refractivity contribution in [2.45, 2.75) is 50.6 Å². The van der Waals surface area contributed by atoms with Crippen LogP contribution in [-0.2, 0) is 10.1 Å². The van der Waals surface area contributed by atoms with Gasteiger partial charge in [0.05, 0.1) is 21.9 Å². The first kappa shape index (κ1) is 34.4. The number of anilines is 1. The lowest BCUT2D eigenvalue weighted by Gasteiger charge is -2.31. The molecule has 9 nitrogen and oxygen atoms in total. The van der Waals surface area contributed by atoms with Crippen LogP contribution in [0.15, 0.2) is 80.8 Å². The lowest BCUT2D eigenvalue weighted by atomic mass is 9.93. The van der Waals surface area contributed by atoms with E-state index in [1.807, 2.05) is 35.4 Å². The predicted molar refractivity (Wildman–Crippen MR) is 190 cm³/mol. The molecule has 1 heterocycles. The van der Waals surface area contributed by atoms with Crippen LogP contribution in [0.4, 0.5) is 5.69 Å². The third kappa shape index (κ3) is 7.65. The van der Waals surface area contributed by atoms with Gasteiger partial charge in [-0.25, -0.2) is 5.43 Å². The Morgan fingerprint density at radius 1 is 0.936 bits per heavy atom. The fourth-order valence-corrected chi connectivity index (χ4v) is 6.45. The Balaban J connectivity index is 1.56. The van der Waals surface area contributed by atoms with Crippen molar-refractivity contribution in [2.24, 2.45) is 5.73 Å². The smallest absolute Gasteiger partial charge is 0.295 e. The molecule has 0 bridgehead atoms. The van der Waals surface area contributed by atoms with Gasteiger partial charge < -0.3 is 15.3 Å². The molecule has 1 aliphatic heterocycles. The molecule has 0 amide bonds. The van der Waals surface area contributed by atoms with Crippen molar-refractivity contribution in [1.82, 2.24) is 5.43 Å². The zero-order valence-corrected chi connectivity index (χ0v) is 28.2. The maximum atomic E-state index is 12.8. The lowest BCUT2D eigenvalue weighted by molar-refractivity contribution is 0.474. The molecule has 246 valence electrons. The number of nitrogens with two attached hydrogens (primary N) is 1. The minimum atomic E-state index is -4.76. The summed E-state index contributed by atoms with van der Waals surface area (Å²) in [7, 11) is -4.76. The van der Waals surface area contributed by atoms with E-state index in [0.717, 1.165) is 43.5 Å². The van der Waals surface area contributed by atoms with Gasteiger partial charge in [0, 0.05) is 40.8 Å². The Kier molecular flexibility index (Phi) is 10.6. The van der Waals surface area contributed by atoms with Crippen LogP contribution in [0.25, 0.3) is 45.6 Å². The summed E-state index contributed by atoms with van der Waals surface area (Å²) >= 11 is 12.4. The first-order valence-electron chi connectivity index (χ1n) is 15.2. The summed E-state index contributed by atoms with van der Waals surface area (Å²) in [6.07, 6.45) is 7.27. The second-order valence-electron chi connectivity index (χ2n) is 11.2. The molecule has 0 aromatic heterocycles. The van der Waals surface area contributed by atoms with Crippen molar-refractivity contribution in [3.63, 3.8) is 0 Å². The first-order chi connectivity index (χ1) is 22.4. The highest BCUT2D eigenvalue weighted by molar-refractivity contribution is 7.86. The molecule has 2 aliphatic rings. The molecule has 0 saturated carbocycles. The average Bonchev–Trinajstić information content (AvgIpc) is 3.03. The molecule has 0 spiro atoms. The summed E-state index contributed by atoms with van der Waals surface area (Å²) in [5.74, 6) is -0.163. The van der Waals surface area contributed by atoms with E-state index in [-0.39, 0.29) is 43.8 Å². The second kappa shape index (κ2) is 14.5. The van der Waals surface area contributed by atoms with E-state index in [9.17, 15) is 22.9 Å². The SMILES string of the molecule is CCCCNN(c1ccc(/C=C/c2ccc(-c3c4cc(Cl)c(=O)cc-4oc4cc(O)c(Cl)cc34)c(S(=O)(=O)O)c2)cc1)C(N)CCC. The highest BCUT2D eigenvalue weighted by Gasteiger charge is 2.25. The van der Waals surface area contributed by atoms with E-state index in [0.29, 0.717) is 22.1 Å². The van der Waals surface area contributed by atoms with Gasteiger partial charge in [-0.2, -0.15) is 8.42 Å². The standard InChI is InChI=1S/C35H35Cl2N3O6S/c1-3-5-15-39-40(34(38)6-4-2)23-12-9-21(10-13-23)7-8-22-11-14-24(33(16-22)47(43,44)45)35-25-17-27(36)29(41)19-31(25)46-32-20-30(42)28(37)18-26(32)35/h7-14,16-20,34,39,41H,3-6,15,38H2,1-2H3,(H,43,44,45)/b8-7+. The number of fused-ring (bicyclic) bond motifs is 2. The van der Waals surface area contributed by atoms with Gasteiger partial charge in [-0.3, -0.25) is 14.4 Å². The number of nitrogens with one attached hydrogen (secondary N) is 1. The normalized spacial score (nSPS) is 12.7. The van der Waals surface area contributed by atoms with Crippen LogP contribution < -0.4 is 21.6 Å². The molecular weight excluding hydrogens is 661 g/mol. The number of aromatic hydroxyl groups is 1. The van der Waals surface area contributed by atoms with E-state index < -0.39 is 15.5 Å². The number of phenolic OH excluding ortho intramolecular Hbond substituents is 1. The van der Waals surface area contributed by atoms with Gasteiger partial charge in [0.15, 0.2) is 0 Å². The molecule has 12 heteroatoms. The van der Waals surface area contributed by atoms with Gasteiger partial charge in [0.2, 0.25) is 5.43 Å². The monoisotopic (exact) mass is 695 g/mol. The highest BCUT2D eigenvalue weighted by Crippen LogP contribution is 2.45.